The van der Waals surface area contributed by atoms with E-state index in [2.05, 4.69) is 11.4 Å². The van der Waals surface area contributed by atoms with Crippen molar-refractivity contribution in [3.8, 4) is 0 Å². The number of rotatable bonds is 6. The maximum Gasteiger partial charge on any atom is 0.253 e. The molecule has 0 bridgehead atoms. The van der Waals surface area contributed by atoms with E-state index in [1.807, 2.05) is 48.7 Å². The number of nitrogens with zero attached hydrogens (tertiary/aromatic N) is 1. The minimum absolute atomic E-state index is 0.0240. The van der Waals surface area contributed by atoms with Crippen molar-refractivity contribution in [2.75, 3.05) is 6.54 Å². The molecule has 0 aliphatic carbocycles. The van der Waals surface area contributed by atoms with Crippen LogP contribution in [0.25, 0.3) is 10.9 Å². The van der Waals surface area contributed by atoms with Crippen LogP contribution in [0.2, 0.25) is 0 Å². The monoisotopic (exact) mass is 340 g/mol. The summed E-state index contributed by atoms with van der Waals surface area (Å²) in [7, 11) is 0. The number of benzene rings is 1. The number of nitrogens with one attached hydrogen (secondary N) is 1. The van der Waals surface area contributed by atoms with Gasteiger partial charge in [0.15, 0.2) is 0 Å². The van der Waals surface area contributed by atoms with Gasteiger partial charge in [-0.05, 0) is 42.3 Å². The van der Waals surface area contributed by atoms with Gasteiger partial charge in [-0.15, -0.1) is 11.3 Å². The lowest BCUT2D eigenvalue weighted by Gasteiger charge is -2.11. The van der Waals surface area contributed by atoms with E-state index in [0.717, 1.165) is 17.3 Å². The molecule has 0 aliphatic heterocycles. The van der Waals surface area contributed by atoms with Crippen LogP contribution in [0.15, 0.2) is 52.6 Å². The molecule has 24 heavy (non-hydrogen) atoms. The van der Waals surface area contributed by atoms with Crippen LogP contribution in [0.5, 0.6) is 0 Å². The average Bonchev–Trinajstić information content (AvgIpc) is 3.09. The summed E-state index contributed by atoms with van der Waals surface area (Å²) in [6.45, 7) is 2.83. The second-order valence-electron chi connectivity index (χ2n) is 5.77. The maximum atomic E-state index is 12.4. The Balaban J connectivity index is 1.64. The third kappa shape index (κ3) is 3.74. The molecule has 0 spiro atoms. The molecule has 1 N–H and O–H groups in total. The van der Waals surface area contributed by atoms with Gasteiger partial charge in [-0.25, -0.2) is 0 Å². The predicted octanol–water partition coefficient (Wildman–Crippen LogP) is 3.12. The van der Waals surface area contributed by atoms with Gasteiger partial charge in [0.25, 0.3) is 5.56 Å². The fourth-order valence-corrected chi connectivity index (χ4v) is 3.49. The Bertz CT molecular complexity index is 897. The van der Waals surface area contributed by atoms with Crippen LogP contribution >= 0.6 is 11.3 Å². The van der Waals surface area contributed by atoms with Crippen LogP contribution in [0.1, 0.15) is 16.9 Å². The summed E-state index contributed by atoms with van der Waals surface area (Å²) in [5.74, 6) is -0.0240. The van der Waals surface area contributed by atoms with Gasteiger partial charge in [-0.2, -0.15) is 0 Å². The molecule has 2 heterocycles. The molecule has 0 fully saturated rings. The first-order chi connectivity index (χ1) is 11.6. The van der Waals surface area contributed by atoms with E-state index >= 15 is 0 Å². The molecule has 4 nitrogen and oxygen atoms in total. The lowest BCUT2D eigenvalue weighted by atomic mass is 10.1. The van der Waals surface area contributed by atoms with Crippen LogP contribution in [-0.4, -0.2) is 17.0 Å². The second-order valence-corrected chi connectivity index (χ2v) is 6.80. The highest BCUT2D eigenvalue weighted by Crippen LogP contribution is 2.13. The molecule has 0 saturated carbocycles. The summed E-state index contributed by atoms with van der Waals surface area (Å²) in [5, 5.41) is 5.98. The number of aromatic nitrogens is 1. The van der Waals surface area contributed by atoms with E-state index in [9.17, 15) is 9.59 Å². The number of carbonyl (C=O) groups is 1. The van der Waals surface area contributed by atoms with Crippen molar-refractivity contribution in [2.24, 2.45) is 0 Å². The van der Waals surface area contributed by atoms with Gasteiger partial charge in [-0.1, -0.05) is 24.3 Å². The number of thiophene rings is 1. The molecular formula is C19H20N2O2S. The number of fused-ring (bicyclic) bond motifs is 1. The smallest absolute Gasteiger partial charge is 0.253 e. The zero-order chi connectivity index (χ0) is 16.9. The highest BCUT2D eigenvalue weighted by Gasteiger charge is 2.08. The summed E-state index contributed by atoms with van der Waals surface area (Å²) in [6, 6.07) is 13.7. The van der Waals surface area contributed by atoms with Crippen LogP contribution in [0.4, 0.5) is 0 Å². The number of amides is 1. The largest absolute Gasteiger partial charge is 0.356 e. The average molecular weight is 340 g/mol. The molecule has 3 aromatic rings. The molecule has 0 atom stereocenters. The summed E-state index contributed by atoms with van der Waals surface area (Å²) in [4.78, 5) is 25.7. The number of para-hydroxylation sites is 1. The summed E-state index contributed by atoms with van der Waals surface area (Å²) in [5.41, 5.74) is 1.55. The topological polar surface area (TPSA) is 51.1 Å². The van der Waals surface area contributed by atoms with Gasteiger partial charge < -0.3 is 9.88 Å². The Kier molecular flexibility index (Phi) is 5.11. The van der Waals surface area contributed by atoms with Crippen LogP contribution < -0.4 is 10.9 Å². The van der Waals surface area contributed by atoms with E-state index < -0.39 is 0 Å². The van der Waals surface area contributed by atoms with Crippen molar-refractivity contribution in [1.82, 2.24) is 9.88 Å². The molecule has 1 amide bonds. The lowest BCUT2D eigenvalue weighted by Crippen LogP contribution is -2.29. The first-order valence-corrected chi connectivity index (χ1v) is 8.91. The predicted molar refractivity (Wildman–Crippen MR) is 98.6 cm³/mol. The number of aryl methyl sites for hydroxylation is 2. The van der Waals surface area contributed by atoms with E-state index in [1.54, 1.807) is 15.9 Å². The number of hydrogen-bond donors (Lipinski definition) is 1. The third-order valence-electron chi connectivity index (χ3n) is 4.02. The fourth-order valence-electron chi connectivity index (χ4n) is 2.78. The Morgan fingerprint density at radius 3 is 2.83 bits per heavy atom. The highest BCUT2D eigenvalue weighted by molar-refractivity contribution is 7.09. The Hall–Kier alpha value is -2.40. The highest BCUT2D eigenvalue weighted by atomic mass is 32.1. The zero-order valence-corrected chi connectivity index (χ0v) is 14.4. The quantitative estimate of drug-likeness (QED) is 0.749. The van der Waals surface area contributed by atoms with E-state index in [-0.39, 0.29) is 11.5 Å². The molecule has 5 heteroatoms. The molecule has 124 valence electrons. The lowest BCUT2D eigenvalue weighted by molar-refractivity contribution is -0.121. The second kappa shape index (κ2) is 7.45. The van der Waals surface area contributed by atoms with Crippen molar-refractivity contribution >= 4 is 28.1 Å². The maximum absolute atomic E-state index is 12.4. The molecule has 0 radical (unpaired) electrons. The Morgan fingerprint density at radius 1 is 1.21 bits per heavy atom. The first-order valence-electron chi connectivity index (χ1n) is 8.03. The van der Waals surface area contributed by atoms with Crippen molar-refractivity contribution in [2.45, 2.75) is 26.3 Å². The van der Waals surface area contributed by atoms with Crippen molar-refractivity contribution in [1.29, 1.82) is 0 Å². The molecule has 0 aliphatic rings. The molecule has 3 rings (SSSR count). The summed E-state index contributed by atoms with van der Waals surface area (Å²) in [6.07, 6.45) is 1.15. The summed E-state index contributed by atoms with van der Waals surface area (Å²) < 4.78 is 1.70. The van der Waals surface area contributed by atoms with Gasteiger partial charge >= 0.3 is 0 Å². The van der Waals surface area contributed by atoms with Crippen LogP contribution in [0, 0.1) is 6.92 Å². The third-order valence-corrected chi connectivity index (χ3v) is 4.95. The SMILES string of the molecule is Cc1cc2ccccc2n(CCC(=O)NCCc2cccs2)c1=O. The Labute approximate surface area is 144 Å². The fraction of sp³-hybridized carbons (Fsp3) is 0.263. The zero-order valence-electron chi connectivity index (χ0n) is 13.6. The van der Waals surface area contributed by atoms with Crippen LogP contribution in [-0.2, 0) is 17.8 Å². The minimum Gasteiger partial charge on any atom is -0.356 e. The molecular weight excluding hydrogens is 320 g/mol. The molecule has 2 aromatic heterocycles. The number of pyridine rings is 1. The van der Waals surface area contributed by atoms with Gasteiger partial charge in [0.05, 0.1) is 5.52 Å². The summed E-state index contributed by atoms with van der Waals surface area (Å²) >= 11 is 1.69. The van der Waals surface area contributed by atoms with Gasteiger partial charge in [0, 0.05) is 30.0 Å². The van der Waals surface area contributed by atoms with Gasteiger partial charge in [-0.3, -0.25) is 9.59 Å². The number of hydrogen-bond acceptors (Lipinski definition) is 3. The first kappa shape index (κ1) is 16.5. The van der Waals surface area contributed by atoms with Crippen LogP contribution in [0.3, 0.4) is 0 Å². The van der Waals surface area contributed by atoms with Gasteiger partial charge in [0.2, 0.25) is 5.91 Å². The van der Waals surface area contributed by atoms with Crippen molar-refractivity contribution < 1.29 is 4.79 Å². The molecule has 1 aromatic carbocycles. The minimum atomic E-state index is -0.0277. The van der Waals surface area contributed by atoms with E-state index in [0.29, 0.717) is 25.1 Å². The molecule has 0 unspecified atom stereocenters. The van der Waals surface area contributed by atoms with Crippen molar-refractivity contribution in [3.05, 3.63) is 68.6 Å². The normalized spacial score (nSPS) is 10.9. The van der Waals surface area contributed by atoms with E-state index in [4.69, 9.17) is 0 Å². The Morgan fingerprint density at radius 2 is 2.04 bits per heavy atom. The molecule has 0 saturated heterocycles. The number of carbonyl (C=O) groups excluding carboxylic acids is 1. The van der Waals surface area contributed by atoms with Gasteiger partial charge in [0.1, 0.15) is 0 Å². The van der Waals surface area contributed by atoms with E-state index in [1.165, 1.54) is 4.88 Å². The van der Waals surface area contributed by atoms with Crippen molar-refractivity contribution in [3.63, 3.8) is 0 Å². The standard InChI is InChI=1S/C19H20N2O2S/c1-14-13-15-5-2-3-7-17(15)21(19(14)23)11-9-18(22)20-10-8-16-6-4-12-24-16/h2-7,12-13H,8-11H2,1H3,(H,20,22).